The van der Waals surface area contributed by atoms with Gasteiger partial charge in [-0.25, -0.2) is 4.98 Å². The first-order valence-electron chi connectivity index (χ1n) is 8.98. The molecule has 0 amide bonds. The number of carbonyl (C=O) groups excluding carboxylic acids is 1. The molecule has 0 aliphatic rings. The van der Waals surface area contributed by atoms with Crippen LogP contribution >= 0.6 is 23.1 Å². The predicted molar refractivity (Wildman–Crippen MR) is 117 cm³/mol. The summed E-state index contributed by atoms with van der Waals surface area (Å²) in [6.07, 6.45) is 1.92. The van der Waals surface area contributed by atoms with E-state index in [0.717, 1.165) is 21.1 Å². The van der Waals surface area contributed by atoms with E-state index in [1.54, 1.807) is 32.0 Å². The third-order valence-electron chi connectivity index (χ3n) is 3.73. The van der Waals surface area contributed by atoms with Crippen molar-refractivity contribution in [3.63, 3.8) is 0 Å². The van der Waals surface area contributed by atoms with Gasteiger partial charge in [0.25, 0.3) is 0 Å². The number of rotatable bonds is 9. The van der Waals surface area contributed by atoms with Gasteiger partial charge in [-0.1, -0.05) is 36.0 Å². The van der Waals surface area contributed by atoms with Gasteiger partial charge in [-0.05, 0) is 31.2 Å². The summed E-state index contributed by atoms with van der Waals surface area (Å²) in [5.41, 5.74) is 4.57. The third-order valence-corrected chi connectivity index (χ3v) is 5.61. The maximum atomic E-state index is 11.5. The summed E-state index contributed by atoms with van der Waals surface area (Å²) in [5.74, 6) is 0.543. The molecule has 0 aliphatic carbocycles. The highest BCUT2D eigenvalue weighted by Crippen LogP contribution is 2.31. The first kappa shape index (κ1) is 20.9. The summed E-state index contributed by atoms with van der Waals surface area (Å²) in [6.45, 7) is 2.15. The molecule has 6 nitrogen and oxygen atoms in total. The number of benzene rings is 2. The number of esters is 1. The van der Waals surface area contributed by atoms with Gasteiger partial charge in [0.1, 0.15) is 5.75 Å². The van der Waals surface area contributed by atoms with Crippen LogP contribution in [0.15, 0.2) is 68.8 Å². The van der Waals surface area contributed by atoms with E-state index in [1.807, 2.05) is 53.9 Å². The van der Waals surface area contributed by atoms with Gasteiger partial charge in [0.05, 0.1) is 32.0 Å². The molecule has 0 bridgehead atoms. The highest BCUT2D eigenvalue weighted by atomic mass is 32.2. The number of methoxy groups -OCH3 is 1. The lowest BCUT2D eigenvalue weighted by molar-refractivity contribution is -0.142. The third kappa shape index (κ3) is 6.33. The molecule has 0 atom stereocenters. The molecule has 0 saturated carbocycles. The van der Waals surface area contributed by atoms with Crippen LogP contribution in [-0.2, 0) is 16.0 Å². The highest BCUT2D eigenvalue weighted by molar-refractivity contribution is 7.99. The Labute approximate surface area is 178 Å². The Kier molecular flexibility index (Phi) is 7.66. The Hall–Kier alpha value is -2.84. The number of nitrogens with zero attached hydrogens (tertiary/aromatic N) is 2. The summed E-state index contributed by atoms with van der Waals surface area (Å²) >= 11 is 3.03. The summed E-state index contributed by atoms with van der Waals surface area (Å²) in [7, 11) is 1.66. The van der Waals surface area contributed by atoms with Crippen LogP contribution < -0.4 is 10.2 Å². The van der Waals surface area contributed by atoms with Crippen LogP contribution in [0.5, 0.6) is 5.75 Å². The van der Waals surface area contributed by atoms with Crippen molar-refractivity contribution in [2.75, 3.05) is 19.1 Å². The molecule has 2 aromatic carbocycles. The Morgan fingerprint density at radius 1 is 1.28 bits per heavy atom. The van der Waals surface area contributed by atoms with Gasteiger partial charge in [0.2, 0.25) is 5.13 Å². The van der Waals surface area contributed by atoms with Crippen LogP contribution in [0.2, 0.25) is 0 Å². The lowest BCUT2D eigenvalue weighted by Gasteiger charge is -2.07. The van der Waals surface area contributed by atoms with Gasteiger partial charge in [0, 0.05) is 20.7 Å². The first-order chi connectivity index (χ1) is 14.2. The fraction of sp³-hybridized carbons (Fsp3) is 0.190. The average molecular weight is 428 g/mol. The lowest BCUT2D eigenvalue weighted by atomic mass is 10.2. The monoisotopic (exact) mass is 427 g/mol. The second-order valence-corrected chi connectivity index (χ2v) is 7.79. The Morgan fingerprint density at radius 2 is 2.14 bits per heavy atom. The van der Waals surface area contributed by atoms with Crippen molar-refractivity contribution in [3.8, 4) is 5.75 Å². The quantitative estimate of drug-likeness (QED) is 0.299. The maximum Gasteiger partial charge on any atom is 0.311 e. The largest absolute Gasteiger partial charge is 0.497 e. The SMILES string of the molecule is CCOC(=O)Cc1csc(NN=Cc2ccccc2Sc2cccc(OC)c2)n1. The van der Waals surface area contributed by atoms with Crippen LogP contribution in [0.3, 0.4) is 0 Å². The van der Waals surface area contributed by atoms with Crippen molar-refractivity contribution in [1.29, 1.82) is 0 Å². The second kappa shape index (κ2) is 10.6. The van der Waals surface area contributed by atoms with Gasteiger partial charge in [-0.3, -0.25) is 10.2 Å². The molecular formula is C21H21N3O3S2. The van der Waals surface area contributed by atoms with Gasteiger partial charge in [0.15, 0.2) is 0 Å². The summed E-state index contributed by atoms with van der Waals surface area (Å²) in [4.78, 5) is 18.0. The number of thiazole rings is 1. The molecule has 0 saturated heterocycles. The molecule has 3 aromatic rings. The van der Waals surface area contributed by atoms with E-state index in [1.165, 1.54) is 11.3 Å². The lowest BCUT2D eigenvalue weighted by Crippen LogP contribution is -2.07. The number of hydrogen-bond donors (Lipinski definition) is 1. The Balaban J connectivity index is 1.64. The van der Waals surface area contributed by atoms with E-state index in [-0.39, 0.29) is 12.4 Å². The highest BCUT2D eigenvalue weighted by Gasteiger charge is 2.08. The zero-order chi connectivity index (χ0) is 20.5. The standard InChI is InChI=1S/C21H21N3O3S2/c1-3-27-20(25)11-16-14-28-21(23-16)24-22-13-15-7-4-5-10-19(15)29-18-9-6-8-17(12-18)26-2/h4-10,12-14H,3,11H2,1-2H3,(H,23,24). The number of nitrogens with one attached hydrogen (secondary N) is 1. The molecule has 150 valence electrons. The van der Waals surface area contributed by atoms with Gasteiger partial charge >= 0.3 is 5.97 Å². The molecular weight excluding hydrogens is 406 g/mol. The minimum atomic E-state index is -0.281. The second-order valence-electron chi connectivity index (χ2n) is 5.81. The van der Waals surface area contributed by atoms with E-state index in [2.05, 4.69) is 15.5 Å². The predicted octanol–water partition coefficient (Wildman–Crippen LogP) is 4.85. The number of carbonyl (C=O) groups is 1. The number of aromatic nitrogens is 1. The van der Waals surface area contributed by atoms with Crippen molar-refractivity contribution in [1.82, 2.24) is 4.98 Å². The van der Waals surface area contributed by atoms with Crippen molar-refractivity contribution in [2.45, 2.75) is 23.1 Å². The average Bonchev–Trinajstić information content (AvgIpc) is 3.16. The number of anilines is 1. The molecule has 0 radical (unpaired) electrons. The zero-order valence-corrected chi connectivity index (χ0v) is 17.8. The molecule has 0 fully saturated rings. The van der Waals surface area contributed by atoms with E-state index in [0.29, 0.717) is 17.4 Å². The summed E-state index contributed by atoms with van der Waals surface area (Å²) < 4.78 is 10.2. The van der Waals surface area contributed by atoms with Crippen LogP contribution in [0.4, 0.5) is 5.13 Å². The Morgan fingerprint density at radius 3 is 2.97 bits per heavy atom. The molecule has 0 unspecified atom stereocenters. The minimum Gasteiger partial charge on any atom is -0.497 e. The molecule has 29 heavy (non-hydrogen) atoms. The van der Waals surface area contributed by atoms with Crippen LogP contribution in [-0.4, -0.2) is 30.9 Å². The van der Waals surface area contributed by atoms with Crippen LogP contribution in [0.25, 0.3) is 0 Å². The topological polar surface area (TPSA) is 72.8 Å². The summed E-state index contributed by atoms with van der Waals surface area (Å²) in [5, 5.41) is 6.74. The smallest absolute Gasteiger partial charge is 0.311 e. The maximum absolute atomic E-state index is 11.5. The zero-order valence-electron chi connectivity index (χ0n) is 16.1. The minimum absolute atomic E-state index is 0.162. The molecule has 1 heterocycles. The molecule has 0 aliphatic heterocycles. The van der Waals surface area contributed by atoms with Crippen LogP contribution in [0, 0.1) is 0 Å². The summed E-state index contributed by atoms with van der Waals surface area (Å²) in [6, 6.07) is 15.9. The van der Waals surface area contributed by atoms with E-state index in [4.69, 9.17) is 9.47 Å². The van der Waals surface area contributed by atoms with Crippen molar-refractivity contribution >= 4 is 40.4 Å². The number of hydrogen-bond acceptors (Lipinski definition) is 8. The van der Waals surface area contributed by atoms with E-state index < -0.39 is 0 Å². The molecule has 1 N–H and O–H groups in total. The van der Waals surface area contributed by atoms with E-state index in [9.17, 15) is 4.79 Å². The van der Waals surface area contributed by atoms with Gasteiger partial charge < -0.3 is 9.47 Å². The fourth-order valence-electron chi connectivity index (χ4n) is 2.43. The molecule has 0 spiro atoms. The fourth-order valence-corrected chi connectivity index (χ4v) is 4.05. The number of ether oxygens (including phenoxy) is 2. The molecule has 3 rings (SSSR count). The molecule has 8 heteroatoms. The van der Waals surface area contributed by atoms with Gasteiger partial charge in [-0.15, -0.1) is 11.3 Å². The van der Waals surface area contributed by atoms with Crippen molar-refractivity contribution in [3.05, 3.63) is 65.2 Å². The Bertz CT molecular complexity index is 989. The normalized spacial score (nSPS) is 10.8. The first-order valence-corrected chi connectivity index (χ1v) is 10.7. The van der Waals surface area contributed by atoms with E-state index >= 15 is 0 Å². The van der Waals surface area contributed by atoms with Crippen molar-refractivity contribution < 1.29 is 14.3 Å². The number of hydrazone groups is 1. The van der Waals surface area contributed by atoms with Gasteiger partial charge in [-0.2, -0.15) is 5.10 Å². The molecule has 1 aromatic heterocycles. The van der Waals surface area contributed by atoms with Crippen molar-refractivity contribution in [2.24, 2.45) is 5.10 Å². The van der Waals surface area contributed by atoms with Crippen LogP contribution in [0.1, 0.15) is 18.2 Å².